The highest BCUT2D eigenvalue weighted by Gasteiger charge is 2.07. The standard InChI is InChI=1S/C6H14N2O3/c7-3-1-2-4-8-5(9)6(10)11/h6,10-11H,1-4,7H2,(H,8,9). The highest BCUT2D eigenvalue weighted by molar-refractivity contribution is 5.78. The number of nitrogens with two attached hydrogens (primary N) is 1. The highest BCUT2D eigenvalue weighted by atomic mass is 16.5. The van der Waals surface area contributed by atoms with Crippen LogP contribution in [0.3, 0.4) is 0 Å². The van der Waals surface area contributed by atoms with Crippen LogP contribution in [-0.2, 0) is 4.79 Å². The van der Waals surface area contributed by atoms with Gasteiger partial charge in [0, 0.05) is 6.54 Å². The van der Waals surface area contributed by atoms with Crippen LogP contribution in [0.25, 0.3) is 0 Å². The van der Waals surface area contributed by atoms with E-state index in [0.717, 1.165) is 12.8 Å². The Morgan fingerprint density at radius 2 is 2.09 bits per heavy atom. The Labute approximate surface area is 65.2 Å². The molecule has 0 aromatic rings. The molecule has 11 heavy (non-hydrogen) atoms. The molecule has 0 saturated heterocycles. The van der Waals surface area contributed by atoms with Gasteiger partial charge in [0.2, 0.25) is 6.29 Å². The minimum absolute atomic E-state index is 0.438. The SMILES string of the molecule is NCCCCNC(=O)C(O)O. The van der Waals surface area contributed by atoms with Crippen LogP contribution in [0.4, 0.5) is 0 Å². The van der Waals surface area contributed by atoms with Gasteiger partial charge in [0.05, 0.1) is 0 Å². The predicted octanol–water partition coefficient (Wildman–Crippen LogP) is -1.85. The van der Waals surface area contributed by atoms with Crippen LogP contribution in [0.15, 0.2) is 0 Å². The zero-order chi connectivity index (χ0) is 8.69. The van der Waals surface area contributed by atoms with Gasteiger partial charge in [0.1, 0.15) is 0 Å². The topological polar surface area (TPSA) is 95.6 Å². The fourth-order valence-corrected chi connectivity index (χ4v) is 0.572. The molecule has 0 aliphatic rings. The number of nitrogens with one attached hydrogen (secondary N) is 1. The third-order valence-electron chi connectivity index (χ3n) is 1.16. The number of hydrogen-bond acceptors (Lipinski definition) is 4. The lowest BCUT2D eigenvalue weighted by Crippen LogP contribution is -2.34. The lowest BCUT2D eigenvalue weighted by atomic mass is 10.3. The summed E-state index contributed by atoms with van der Waals surface area (Å²) in [5.74, 6) is -0.762. The molecule has 0 aromatic heterocycles. The van der Waals surface area contributed by atoms with E-state index >= 15 is 0 Å². The molecular formula is C6H14N2O3. The molecule has 5 nitrogen and oxygen atoms in total. The van der Waals surface area contributed by atoms with Gasteiger partial charge in [-0.2, -0.15) is 0 Å². The number of unbranched alkanes of at least 4 members (excludes halogenated alkanes) is 1. The molecule has 1 amide bonds. The fourth-order valence-electron chi connectivity index (χ4n) is 0.572. The van der Waals surface area contributed by atoms with Gasteiger partial charge in [-0.1, -0.05) is 0 Å². The van der Waals surface area contributed by atoms with Crippen molar-refractivity contribution in [1.29, 1.82) is 0 Å². The smallest absolute Gasteiger partial charge is 0.276 e. The van der Waals surface area contributed by atoms with E-state index in [1.165, 1.54) is 0 Å². The number of hydrogen-bond donors (Lipinski definition) is 4. The molecular weight excluding hydrogens is 148 g/mol. The Hall–Kier alpha value is -0.650. The number of aliphatic hydroxyl groups is 2. The Morgan fingerprint density at radius 3 is 2.55 bits per heavy atom. The van der Waals surface area contributed by atoms with Crippen LogP contribution < -0.4 is 11.1 Å². The first-order valence-corrected chi connectivity index (χ1v) is 3.52. The summed E-state index contributed by atoms with van der Waals surface area (Å²) >= 11 is 0. The average Bonchev–Trinajstić information content (AvgIpc) is 1.97. The highest BCUT2D eigenvalue weighted by Crippen LogP contribution is 1.83. The summed E-state index contributed by atoms with van der Waals surface area (Å²) in [4.78, 5) is 10.5. The number of carbonyl (C=O) groups is 1. The molecule has 0 heterocycles. The van der Waals surface area contributed by atoms with E-state index in [1.807, 2.05) is 0 Å². The first-order chi connectivity index (χ1) is 5.18. The summed E-state index contributed by atoms with van der Waals surface area (Å²) in [6.45, 7) is 1.02. The summed E-state index contributed by atoms with van der Waals surface area (Å²) in [6, 6.07) is 0. The Morgan fingerprint density at radius 1 is 1.45 bits per heavy atom. The molecule has 0 atom stereocenters. The van der Waals surface area contributed by atoms with E-state index in [9.17, 15) is 4.79 Å². The number of rotatable bonds is 5. The summed E-state index contributed by atoms with van der Waals surface area (Å²) in [5.41, 5.74) is 5.19. The maximum absolute atomic E-state index is 10.5. The van der Waals surface area contributed by atoms with Gasteiger partial charge >= 0.3 is 0 Å². The van der Waals surface area contributed by atoms with Crippen molar-refractivity contribution in [3.8, 4) is 0 Å². The largest absolute Gasteiger partial charge is 0.361 e. The predicted molar refractivity (Wildman–Crippen MR) is 39.5 cm³/mol. The van der Waals surface area contributed by atoms with Gasteiger partial charge in [0.15, 0.2) is 0 Å². The molecule has 66 valence electrons. The van der Waals surface area contributed by atoms with Crippen LogP contribution in [0.2, 0.25) is 0 Å². The van der Waals surface area contributed by atoms with Crippen molar-refractivity contribution >= 4 is 5.91 Å². The summed E-state index contributed by atoms with van der Waals surface area (Å²) in [7, 11) is 0. The second-order valence-corrected chi connectivity index (χ2v) is 2.16. The van der Waals surface area contributed by atoms with Crippen LogP contribution in [-0.4, -0.2) is 35.5 Å². The average molecular weight is 162 g/mol. The second kappa shape index (κ2) is 6.09. The van der Waals surface area contributed by atoms with Crippen molar-refractivity contribution < 1.29 is 15.0 Å². The van der Waals surface area contributed by atoms with Gasteiger partial charge in [-0.25, -0.2) is 0 Å². The van der Waals surface area contributed by atoms with Gasteiger partial charge in [-0.3, -0.25) is 4.79 Å². The van der Waals surface area contributed by atoms with E-state index in [-0.39, 0.29) is 0 Å². The third kappa shape index (κ3) is 5.78. The van der Waals surface area contributed by atoms with Crippen LogP contribution in [0.5, 0.6) is 0 Å². The fraction of sp³-hybridized carbons (Fsp3) is 0.833. The lowest BCUT2D eigenvalue weighted by molar-refractivity contribution is -0.147. The van der Waals surface area contributed by atoms with Gasteiger partial charge in [-0.15, -0.1) is 0 Å². The van der Waals surface area contributed by atoms with E-state index in [0.29, 0.717) is 13.1 Å². The zero-order valence-corrected chi connectivity index (χ0v) is 6.29. The minimum atomic E-state index is -1.91. The molecule has 0 rings (SSSR count). The molecule has 0 aliphatic heterocycles. The molecule has 0 spiro atoms. The van der Waals surface area contributed by atoms with Gasteiger partial charge in [0.25, 0.3) is 5.91 Å². The zero-order valence-electron chi connectivity index (χ0n) is 6.29. The number of amides is 1. The molecule has 0 aliphatic carbocycles. The Balaban J connectivity index is 3.18. The van der Waals surface area contributed by atoms with Crippen molar-refractivity contribution in [1.82, 2.24) is 5.32 Å². The molecule has 5 heteroatoms. The summed E-state index contributed by atoms with van der Waals surface area (Å²) in [6.07, 6.45) is -0.329. The maximum Gasteiger partial charge on any atom is 0.276 e. The minimum Gasteiger partial charge on any atom is -0.361 e. The van der Waals surface area contributed by atoms with Crippen molar-refractivity contribution in [2.75, 3.05) is 13.1 Å². The lowest BCUT2D eigenvalue weighted by Gasteiger charge is -2.04. The first kappa shape index (κ1) is 10.3. The quantitative estimate of drug-likeness (QED) is 0.282. The second-order valence-electron chi connectivity index (χ2n) is 2.16. The molecule has 0 bridgehead atoms. The maximum atomic E-state index is 10.5. The Bertz CT molecular complexity index is 116. The molecule has 5 N–H and O–H groups in total. The third-order valence-corrected chi connectivity index (χ3v) is 1.16. The molecule has 0 aromatic carbocycles. The van der Waals surface area contributed by atoms with Crippen molar-refractivity contribution in [2.24, 2.45) is 5.73 Å². The summed E-state index contributed by atoms with van der Waals surface area (Å²) < 4.78 is 0. The number of aliphatic hydroxyl groups excluding tert-OH is 1. The van der Waals surface area contributed by atoms with Crippen molar-refractivity contribution in [3.63, 3.8) is 0 Å². The van der Waals surface area contributed by atoms with E-state index in [4.69, 9.17) is 15.9 Å². The Kier molecular flexibility index (Phi) is 5.73. The first-order valence-electron chi connectivity index (χ1n) is 3.52. The van der Waals surface area contributed by atoms with Crippen molar-refractivity contribution in [3.05, 3.63) is 0 Å². The molecule has 0 fully saturated rings. The molecule has 0 saturated carbocycles. The van der Waals surface area contributed by atoms with E-state index in [1.54, 1.807) is 0 Å². The van der Waals surface area contributed by atoms with Crippen LogP contribution in [0.1, 0.15) is 12.8 Å². The van der Waals surface area contributed by atoms with Crippen LogP contribution in [0, 0.1) is 0 Å². The monoisotopic (exact) mass is 162 g/mol. The van der Waals surface area contributed by atoms with Gasteiger partial charge in [-0.05, 0) is 19.4 Å². The van der Waals surface area contributed by atoms with Gasteiger partial charge < -0.3 is 21.3 Å². The van der Waals surface area contributed by atoms with E-state index in [2.05, 4.69) is 5.32 Å². The van der Waals surface area contributed by atoms with Crippen LogP contribution >= 0.6 is 0 Å². The normalized spacial score (nSPS) is 10.2. The summed E-state index contributed by atoms with van der Waals surface area (Å²) in [5, 5.41) is 18.9. The van der Waals surface area contributed by atoms with E-state index < -0.39 is 12.2 Å². The molecule has 0 radical (unpaired) electrons. The number of carbonyl (C=O) groups excluding carboxylic acids is 1. The molecule has 0 unspecified atom stereocenters. The van der Waals surface area contributed by atoms with Crippen molar-refractivity contribution in [2.45, 2.75) is 19.1 Å².